The zero-order valence-electron chi connectivity index (χ0n) is 11.8. The second kappa shape index (κ2) is 5.93. The van der Waals surface area contributed by atoms with Gasteiger partial charge in [-0.05, 0) is 49.4 Å². The van der Waals surface area contributed by atoms with Gasteiger partial charge in [0.25, 0.3) is 0 Å². The number of hydrogen-bond donors (Lipinski definition) is 1. The molecule has 2 aliphatic rings. The summed E-state index contributed by atoms with van der Waals surface area (Å²) in [6, 6.07) is 6.89. The SMILES string of the molecule is CN(Cc1ccc2c(c1)NCC2)CC1CCOCC1. The third-order valence-electron chi connectivity index (χ3n) is 4.25. The van der Waals surface area contributed by atoms with Crippen LogP contribution in [0.5, 0.6) is 0 Å². The van der Waals surface area contributed by atoms with Crippen LogP contribution in [0.3, 0.4) is 0 Å². The van der Waals surface area contributed by atoms with Crippen molar-refractivity contribution in [2.24, 2.45) is 5.92 Å². The first-order chi connectivity index (χ1) is 9.31. The predicted molar refractivity (Wildman–Crippen MR) is 78.5 cm³/mol. The van der Waals surface area contributed by atoms with Gasteiger partial charge in [0.1, 0.15) is 0 Å². The van der Waals surface area contributed by atoms with Gasteiger partial charge in [0.05, 0.1) is 0 Å². The maximum atomic E-state index is 5.42. The van der Waals surface area contributed by atoms with E-state index in [1.807, 2.05) is 0 Å². The summed E-state index contributed by atoms with van der Waals surface area (Å²) in [5.74, 6) is 0.811. The molecule has 0 aromatic heterocycles. The van der Waals surface area contributed by atoms with Crippen molar-refractivity contribution in [3.63, 3.8) is 0 Å². The quantitative estimate of drug-likeness (QED) is 0.900. The Bertz CT molecular complexity index is 427. The first-order valence-electron chi connectivity index (χ1n) is 7.43. The average molecular weight is 260 g/mol. The van der Waals surface area contributed by atoms with Gasteiger partial charge in [0.2, 0.25) is 0 Å². The molecule has 19 heavy (non-hydrogen) atoms. The Kier molecular flexibility index (Phi) is 4.04. The highest BCUT2D eigenvalue weighted by Crippen LogP contribution is 2.24. The number of anilines is 1. The molecule has 0 saturated carbocycles. The zero-order valence-corrected chi connectivity index (χ0v) is 11.8. The summed E-state index contributed by atoms with van der Waals surface area (Å²) in [5, 5.41) is 3.46. The van der Waals surface area contributed by atoms with Crippen LogP contribution in [0.4, 0.5) is 5.69 Å². The maximum absolute atomic E-state index is 5.42. The summed E-state index contributed by atoms with van der Waals surface area (Å²) in [6.45, 7) is 5.22. The van der Waals surface area contributed by atoms with E-state index in [2.05, 4.69) is 35.5 Å². The van der Waals surface area contributed by atoms with Crippen LogP contribution in [0.1, 0.15) is 24.0 Å². The number of hydrogen-bond acceptors (Lipinski definition) is 3. The van der Waals surface area contributed by atoms with E-state index in [-0.39, 0.29) is 0 Å². The lowest BCUT2D eigenvalue weighted by Crippen LogP contribution is -2.29. The van der Waals surface area contributed by atoms with Crippen molar-refractivity contribution in [2.45, 2.75) is 25.8 Å². The van der Waals surface area contributed by atoms with Gasteiger partial charge in [-0.25, -0.2) is 0 Å². The van der Waals surface area contributed by atoms with Crippen LogP contribution in [0, 0.1) is 5.92 Å². The highest BCUT2D eigenvalue weighted by Gasteiger charge is 2.16. The monoisotopic (exact) mass is 260 g/mol. The minimum absolute atomic E-state index is 0.811. The Morgan fingerprint density at radius 2 is 2.16 bits per heavy atom. The van der Waals surface area contributed by atoms with Crippen LogP contribution in [-0.4, -0.2) is 38.3 Å². The van der Waals surface area contributed by atoms with Crippen LogP contribution >= 0.6 is 0 Å². The molecular weight excluding hydrogens is 236 g/mol. The molecule has 3 heteroatoms. The third kappa shape index (κ3) is 3.28. The standard InChI is InChI=1S/C16H24N2O/c1-18(11-13-5-8-19-9-6-13)12-14-2-3-15-4-7-17-16(15)10-14/h2-3,10,13,17H,4-9,11-12H2,1H3. The molecule has 1 aromatic carbocycles. The molecular formula is C16H24N2O. The van der Waals surface area contributed by atoms with Crippen molar-refractivity contribution in [3.8, 4) is 0 Å². The van der Waals surface area contributed by atoms with Gasteiger partial charge in [0, 0.05) is 38.5 Å². The number of rotatable bonds is 4. The highest BCUT2D eigenvalue weighted by molar-refractivity contribution is 5.56. The molecule has 3 rings (SSSR count). The predicted octanol–water partition coefficient (Wildman–Crippen LogP) is 2.51. The van der Waals surface area contributed by atoms with Gasteiger partial charge >= 0.3 is 0 Å². The second-order valence-electron chi connectivity index (χ2n) is 5.92. The normalized spacial score (nSPS) is 19.5. The Hall–Kier alpha value is -1.06. The molecule has 1 aromatic rings. The minimum atomic E-state index is 0.811. The van der Waals surface area contributed by atoms with Crippen LogP contribution in [0.25, 0.3) is 0 Å². The molecule has 0 amide bonds. The van der Waals surface area contributed by atoms with Crippen molar-refractivity contribution in [2.75, 3.05) is 38.7 Å². The molecule has 3 nitrogen and oxygen atoms in total. The zero-order chi connectivity index (χ0) is 13.1. The molecule has 1 fully saturated rings. The van der Waals surface area contributed by atoms with Crippen molar-refractivity contribution in [3.05, 3.63) is 29.3 Å². The fraction of sp³-hybridized carbons (Fsp3) is 0.625. The van der Waals surface area contributed by atoms with Gasteiger partial charge in [-0.3, -0.25) is 0 Å². The topological polar surface area (TPSA) is 24.5 Å². The van der Waals surface area contributed by atoms with E-state index in [1.165, 1.54) is 42.6 Å². The summed E-state index contributed by atoms with van der Waals surface area (Å²) < 4.78 is 5.42. The molecule has 0 aliphatic carbocycles. The number of ether oxygens (including phenoxy) is 1. The number of fused-ring (bicyclic) bond motifs is 1. The van der Waals surface area contributed by atoms with Gasteiger partial charge < -0.3 is 15.0 Å². The van der Waals surface area contributed by atoms with E-state index in [0.29, 0.717) is 0 Å². The van der Waals surface area contributed by atoms with Crippen molar-refractivity contribution < 1.29 is 4.74 Å². The summed E-state index contributed by atoms with van der Waals surface area (Å²) in [6.07, 6.45) is 3.61. The molecule has 2 heterocycles. The summed E-state index contributed by atoms with van der Waals surface area (Å²) >= 11 is 0. The van der Waals surface area contributed by atoms with Crippen LogP contribution in [0.2, 0.25) is 0 Å². The van der Waals surface area contributed by atoms with E-state index in [0.717, 1.165) is 32.2 Å². The van der Waals surface area contributed by atoms with E-state index < -0.39 is 0 Å². The van der Waals surface area contributed by atoms with Crippen molar-refractivity contribution in [1.82, 2.24) is 4.90 Å². The fourth-order valence-corrected chi connectivity index (χ4v) is 3.18. The van der Waals surface area contributed by atoms with Crippen LogP contribution in [-0.2, 0) is 17.7 Å². The lowest BCUT2D eigenvalue weighted by Gasteiger charge is -2.27. The van der Waals surface area contributed by atoms with Crippen LogP contribution < -0.4 is 5.32 Å². The third-order valence-corrected chi connectivity index (χ3v) is 4.25. The largest absolute Gasteiger partial charge is 0.384 e. The average Bonchev–Trinajstić information content (AvgIpc) is 2.87. The highest BCUT2D eigenvalue weighted by atomic mass is 16.5. The number of benzene rings is 1. The van der Waals surface area contributed by atoms with E-state index in [1.54, 1.807) is 0 Å². The summed E-state index contributed by atoms with van der Waals surface area (Å²) in [5.41, 5.74) is 4.23. The Balaban J connectivity index is 1.55. The van der Waals surface area contributed by atoms with Gasteiger partial charge in [0.15, 0.2) is 0 Å². The lowest BCUT2D eigenvalue weighted by atomic mass is 9.99. The molecule has 1 N–H and O–H groups in total. The molecule has 1 saturated heterocycles. The second-order valence-corrected chi connectivity index (χ2v) is 5.92. The van der Waals surface area contributed by atoms with Crippen LogP contribution in [0.15, 0.2) is 18.2 Å². The Morgan fingerprint density at radius 1 is 1.32 bits per heavy atom. The van der Waals surface area contributed by atoms with E-state index in [4.69, 9.17) is 4.74 Å². The summed E-state index contributed by atoms with van der Waals surface area (Å²) in [7, 11) is 2.23. The maximum Gasteiger partial charge on any atom is 0.0469 e. The molecule has 2 aliphatic heterocycles. The first kappa shape index (κ1) is 12.9. The Morgan fingerprint density at radius 3 is 3.00 bits per heavy atom. The van der Waals surface area contributed by atoms with Gasteiger partial charge in [-0.15, -0.1) is 0 Å². The molecule has 0 spiro atoms. The van der Waals surface area contributed by atoms with E-state index >= 15 is 0 Å². The van der Waals surface area contributed by atoms with Crippen molar-refractivity contribution in [1.29, 1.82) is 0 Å². The van der Waals surface area contributed by atoms with Crippen molar-refractivity contribution >= 4 is 5.69 Å². The minimum Gasteiger partial charge on any atom is -0.384 e. The molecule has 0 radical (unpaired) electrons. The lowest BCUT2D eigenvalue weighted by molar-refractivity contribution is 0.0549. The van der Waals surface area contributed by atoms with Gasteiger partial charge in [-0.2, -0.15) is 0 Å². The van der Waals surface area contributed by atoms with E-state index in [9.17, 15) is 0 Å². The fourth-order valence-electron chi connectivity index (χ4n) is 3.18. The molecule has 104 valence electrons. The van der Waals surface area contributed by atoms with Gasteiger partial charge in [-0.1, -0.05) is 12.1 Å². The smallest absolute Gasteiger partial charge is 0.0469 e. The molecule has 0 unspecified atom stereocenters. The molecule has 0 bridgehead atoms. The summed E-state index contributed by atoms with van der Waals surface area (Å²) in [4.78, 5) is 2.45. The first-order valence-corrected chi connectivity index (χ1v) is 7.43. The Labute approximate surface area is 115 Å². The molecule has 0 atom stereocenters. The number of nitrogens with zero attached hydrogens (tertiary/aromatic N) is 1. The number of nitrogens with one attached hydrogen (secondary N) is 1.